The van der Waals surface area contributed by atoms with E-state index in [4.69, 9.17) is 0 Å². The normalized spacial score (nSPS) is 10.4. The van der Waals surface area contributed by atoms with E-state index in [1.807, 2.05) is 57.2 Å². The summed E-state index contributed by atoms with van der Waals surface area (Å²) in [6.45, 7) is 6.01. The van der Waals surface area contributed by atoms with Gasteiger partial charge >= 0.3 is 0 Å². The van der Waals surface area contributed by atoms with Crippen LogP contribution in [0.4, 0.5) is 0 Å². The van der Waals surface area contributed by atoms with Gasteiger partial charge in [-0.3, -0.25) is 4.79 Å². The van der Waals surface area contributed by atoms with Crippen LogP contribution >= 0.6 is 15.9 Å². The van der Waals surface area contributed by atoms with Crippen LogP contribution < -0.4 is 0 Å². The second-order valence-electron chi connectivity index (χ2n) is 4.54. The Kier molecular flexibility index (Phi) is 3.67. The Morgan fingerprint density at radius 3 is 2.39 bits per heavy atom. The van der Waals surface area contributed by atoms with E-state index in [0.29, 0.717) is 0 Å². The predicted molar refractivity (Wildman–Crippen MR) is 78.2 cm³/mol. The highest BCUT2D eigenvalue weighted by Gasteiger charge is 2.13. The summed E-state index contributed by atoms with van der Waals surface area (Å²) in [6.07, 6.45) is 0. The van der Waals surface area contributed by atoms with Gasteiger partial charge in [-0.15, -0.1) is 0 Å². The molecular formula is C16H15BrO. The summed E-state index contributed by atoms with van der Waals surface area (Å²) in [5.74, 6) is 0.0896. The largest absolute Gasteiger partial charge is 0.289 e. The topological polar surface area (TPSA) is 17.1 Å². The zero-order chi connectivity index (χ0) is 13.3. The maximum Gasteiger partial charge on any atom is 0.193 e. The Balaban J connectivity index is 2.48. The average molecular weight is 303 g/mol. The van der Waals surface area contributed by atoms with Gasteiger partial charge in [0.2, 0.25) is 0 Å². The summed E-state index contributed by atoms with van der Waals surface area (Å²) in [4.78, 5) is 12.5. The van der Waals surface area contributed by atoms with Crippen LogP contribution in [0.3, 0.4) is 0 Å². The minimum absolute atomic E-state index is 0.0896. The molecule has 0 fully saturated rings. The van der Waals surface area contributed by atoms with Crippen LogP contribution in [0.5, 0.6) is 0 Å². The Morgan fingerprint density at radius 2 is 1.72 bits per heavy atom. The highest BCUT2D eigenvalue weighted by Crippen LogP contribution is 2.21. The van der Waals surface area contributed by atoms with Crippen molar-refractivity contribution in [3.05, 3.63) is 68.7 Å². The first-order valence-electron chi connectivity index (χ1n) is 5.88. The zero-order valence-corrected chi connectivity index (χ0v) is 12.3. The van der Waals surface area contributed by atoms with Gasteiger partial charge in [0.1, 0.15) is 0 Å². The van der Waals surface area contributed by atoms with E-state index >= 15 is 0 Å². The Bertz CT molecular complexity index is 614. The molecule has 0 heterocycles. The van der Waals surface area contributed by atoms with Crippen molar-refractivity contribution in [2.45, 2.75) is 20.8 Å². The molecule has 0 radical (unpaired) electrons. The third-order valence-corrected chi connectivity index (χ3v) is 4.16. The van der Waals surface area contributed by atoms with Crippen molar-refractivity contribution in [1.29, 1.82) is 0 Å². The molecule has 0 amide bonds. The number of rotatable bonds is 2. The fourth-order valence-electron chi connectivity index (χ4n) is 1.94. The van der Waals surface area contributed by atoms with Gasteiger partial charge in [-0.25, -0.2) is 0 Å². The number of carbonyl (C=O) groups excluding carboxylic acids is 1. The Labute approximate surface area is 116 Å². The molecule has 0 unspecified atom stereocenters. The Morgan fingerprint density at radius 1 is 1.00 bits per heavy atom. The first-order valence-corrected chi connectivity index (χ1v) is 6.67. The molecule has 0 bridgehead atoms. The fourth-order valence-corrected chi connectivity index (χ4v) is 2.19. The van der Waals surface area contributed by atoms with Crippen molar-refractivity contribution in [2.75, 3.05) is 0 Å². The van der Waals surface area contributed by atoms with Gasteiger partial charge in [-0.05, 0) is 55.7 Å². The molecule has 0 aromatic heterocycles. The number of benzene rings is 2. The average Bonchev–Trinajstić information content (AvgIpc) is 2.35. The molecule has 2 aromatic rings. The summed E-state index contributed by atoms with van der Waals surface area (Å²) in [6, 6.07) is 11.6. The number of ketones is 1. The molecule has 2 heteroatoms. The van der Waals surface area contributed by atoms with Gasteiger partial charge in [0.15, 0.2) is 5.78 Å². The highest BCUT2D eigenvalue weighted by molar-refractivity contribution is 9.10. The molecule has 92 valence electrons. The number of carbonyl (C=O) groups is 1. The van der Waals surface area contributed by atoms with Crippen LogP contribution in [-0.4, -0.2) is 5.78 Å². The van der Waals surface area contributed by atoms with Gasteiger partial charge in [0, 0.05) is 15.6 Å². The van der Waals surface area contributed by atoms with E-state index in [2.05, 4.69) is 15.9 Å². The summed E-state index contributed by atoms with van der Waals surface area (Å²) in [5, 5.41) is 0. The lowest BCUT2D eigenvalue weighted by Crippen LogP contribution is -2.05. The summed E-state index contributed by atoms with van der Waals surface area (Å²) in [5.41, 5.74) is 4.81. The van der Waals surface area contributed by atoms with E-state index in [1.54, 1.807) is 0 Å². The van der Waals surface area contributed by atoms with Crippen molar-refractivity contribution in [1.82, 2.24) is 0 Å². The molecule has 0 saturated carbocycles. The minimum atomic E-state index is 0.0896. The van der Waals surface area contributed by atoms with Crippen LogP contribution in [0.25, 0.3) is 0 Å². The minimum Gasteiger partial charge on any atom is -0.289 e. The van der Waals surface area contributed by atoms with Crippen molar-refractivity contribution in [2.24, 2.45) is 0 Å². The fraction of sp³-hybridized carbons (Fsp3) is 0.188. The van der Waals surface area contributed by atoms with E-state index in [1.165, 1.54) is 0 Å². The van der Waals surface area contributed by atoms with E-state index in [0.717, 1.165) is 32.3 Å². The molecule has 0 spiro atoms. The molecule has 0 saturated heterocycles. The molecule has 0 aliphatic rings. The summed E-state index contributed by atoms with van der Waals surface area (Å²) >= 11 is 3.45. The number of aryl methyl sites for hydroxylation is 2. The summed E-state index contributed by atoms with van der Waals surface area (Å²) < 4.78 is 1.03. The first-order chi connectivity index (χ1) is 8.50. The molecule has 2 aromatic carbocycles. The second-order valence-corrected chi connectivity index (χ2v) is 5.39. The van der Waals surface area contributed by atoms with E-state index in [-0.39, 0.29) is 5.78 Å². The number of halogens is 1. The lowest BCUT2D eigenvalue weighted by molar-refractivity contribution is 0.103. The van der Waals surface area contributed by atoms with Gasteiger partial charge in [-0.1, -0.05) is 34.1 Å². The molecule has 1 nitrogen and oxygen atoms in total. The highest BCUT2D eigenvalue weighted by atomic mass is 79.9. The Hall–Kier alpha value is -1.41. The smallest absolute Gasteiger partial charge is 0.193 e. The standard InChI is InChI=1S/C16H15BrO/c1-10-5-4-6-14(12(10)3)16(18)13-7-8-15(17)11(2)9-13/h4-9H,1-3H3. The number of hydrogen-bond acceptors (Lipinski definition) is 1. The van der Waals surface area contributed by atoms with Crippen molar-refractivity contribution >= 4 is 21.7 Å². The lowest BCUT2D eigenvalue weighted by atomic mass is 9.95. The van der Waals surface area contributed by atoms with E-state index < -0.39 is 0 Å². The molecule has 18 heavy (non-hydrogen) atoms. The lowest BCUT2D eigenvalue weighted by Gasteiger charge is -2.08. The predicted octanol–water partition coefficient (Wildman–Crippen LogP) is 4.61. The van der Waals surface area contributed by atoms with Crippen LogP contribution in [0.2, 0.25) is 0 Å². The third-order valence-electron chi connectivity index (χ3n) is 3.27. The van der Waals surface area contributed by atoms with Crippen molar-refractivity contribution < 1.29 is 4.79 Å². The van der Waals surface area contributed by atoms with Crippen LogP contribution in [0, 0.1) is 20.8 Å². The van der Waals surface area contributed by atoms with Crippen LogP contribution in [-0.2, 0) is 0 Å². The molecular weight excluding hydrogens is 288 g/mol. The van der Waals surface area contributed by atoms with Crippen molar-refractivity contribution in [3.8, 4) is 0 Å². The molecule has 2 rings (SSSR count). The third kappa shape index (κ3) is 2.39. The molecule has 0 N–H and O–H groups in total. The maximum absolute atomic E-state index is 12.5. The first kappa shape index (κ1) is 13.0. The van der Waals surface area contributed by atoms with Gasteiger partial charge in [0.05, 0.1) is 0 Å². The van der Waals surface area contributed by atoms with Gasteiger partial charge in [0.25, 0.3) is 0 Å². The van der Waals surface area contributed by atoms with Crippen molar-refractivity contribution in [3.63, 3.8) is 0 Å². The monoisotopic (exact) mass is 302 g/mol. The summed E-state index contributed by atoms with van der Waals surface area (Å²) in [7, 11) is 0. The quantitative estimate of drug-likeness (QED) is 0.741. The molecule has 0 aliphatic carbocycles. The SMILES string of the molecule is Cc1cc(C(=O)c2cccc(C)c2C)ccc1Br. The number of hydrogen-bond donors (Lipinski definition) is 0. The molecule has 0 aliphatic heterocycles. The second kappa shape index (κ2) is 5.07. The maximum atomic E-state index is 12.5. The molecule has 0 atom stereocenters. The van der Waals surface area contributed by atoms with Crippen LogP contribution in [0.1, 0.15) is 32.6 Å². The van der Waals surface area contributed by atoms with Crippen LogP contribution in [0.15, 0.2) is 40.9 Å². The van der Waals surface area contributed by atoms with E-state index in [9.17, 15) is 4.79 Å². The van der Waals surface area contributed by atoms with Gasteiger partial charge < -0.3 is 0 Å². The van der Waals surface area contributed by atoms with Gasteiger partial charge in [-0.2, -0.15) is 0 Å². The zero-order valence-electron chi connectivity index (χ0n) is 10.8.